The van der Waals surface area contributed by atoms with E-state index in [1.807, 2.05) is 4.72 Å². The van der Waals surface area contributed by atoms with Gasteiger partial charge in [0.25, 0.3) is 0 Å². The van der Waals surface area contributed by atoms with E-state index in [2.05, 4.69) is 5.32 Å². The first kappa shape index (κ1) is 11.4. The Morgan fingerprint density at radius 2 is 2.00 bits per heavy atom. The lowest BCUT2D eigenvalue weighted by molar-refractivity contribution is -0.118. The van der Waals surface area contributed by atoms with Gasteiger partial charge < -0.3 is 5.32 Å². The van der Waals surface area contributed by atoms with E-state index in [9.17, 15) is 13.2 Å². The smallest absolute Gasteiger partial charge is 0.247 e. The molecule has 0 radical (unpaired) electrons. The summed E-state index contributed by atoms with van der Waals surface area (Å²) in [6.45, 7) is 1.75. The van der Waals surface area contributed by atoms with E-state index in [0.717, 1.165) is 0 Å². The standard InChI is InChI=1S/C6H14N2O3S/c1-3-4-12(10,11)8-6(9)5-7-2/h7H,3-5H2,1-2H3,(H,8,9). The second-order valence-corrected chi connectivity index (χ2v) is 4.22. The Bertz CT molecular complexity index is 235. The summed E-state index contributed by atoms with van der Waals surface area (Å²) in [4.78, 5) is 10.8. The summed E-state index contributed by atoms with van der Waals surface area (Å²) in [6.07, 6.45) is 0.502. The van der Waals surface area contributed by atoms with E-state index < -0.39 is 15.9 Å². The lowest BCUT2D eigenvalue weighted by Crippen LogP contribution is -2.37. The van der Waals surface area contributed by atoms with Gasteiger partial charge in [-0.15, -0.1) is 0 Å². The first-order chi connectivity index (χ1) is 5.52. The highest BCUT2D eigenvalue weighted by molar-refractivity contribution is 7.90. The molecule has 0 aromatic heterocycles. The average molecular weight is 194 g/mol. The van der Waals surface area contributed by atoms with Crippen LogP contribution in [0, 0.1) is 0 Å². The molecule has 0 rings (SSSR count). The highest BCUT2D eigenvalue weighted by atomic mass is 32.2. The van der Waals surface area contributed by atoms with Crippen LogP contribution in [0.15, 0.2) is 0 Å². The molecule has 0 aromatic carbocycles. The molecule has 0 aromatic rings. The van der Waals surface area contributed by atoms with Gasteiger partial charge in [-0.3, -0.25) is 9.52 Å². The first-order valence-corrected chi connectivity index (χ1v) is 5.35. The first-order valence-electron chi connectivity index (χ1n) is 3.69. The molecule has 0 saturated carbocycles. The van der Waals surface area contributed by atoms with Crippen LogP contribution in [0.4, 0.5) is 0 Å². The summed E-state index contributed by atoms with van der Waals surface area (Å²) in [6, 6.07) is 0. The number of sulfonamides is 1. The molecule has 0 heterocycles. The molecule has 6 heteroatoms. The number of carbonyl (C=O) groups excluding carboxylic acids is 1. The van der Waals surface area contributed by atoms with Crippen LogP contribution in [0.25, 0.3) is 0 Å². The number of nitrogens with one attached hydrogen (secondary N) is 2. The zero-order valence-electron chi connectivity index (χ0n) is 7.25. The highest BCUT2D eigenvalue weighted by Gasteiger charge is 2.11. The maximum absolute atomic E-state index is 11.0. The van der Waals surface area contributed by atoms with Gasteiger partial charge in [0.15, 0.2) is 0 Å². The van der Waals surface area contributed by atoms with Crippen molar-refractivity contribution in [1.29, 1.82) is 0 Å². The fourth-order valence-electron chi connectivity index (χ4n) is 0.690. The second kappa shape index (κ2) is 5.10. The molecule has 72 valence electrons. The van der Waals surface area contributed by atoms with Crippen LogP contribution < -0.4 is 10.0 Å². The molecule has 0 saturated heterocycles. The van der Waals surface area contributed by atoms with Gasteiger partial charge in [0.2, 0.25) is 15.9 Å². The van der Waals surface area contributed by atoms with Crippen molar-refractivity contribution in [3.63, 3.8) is 0 Å². The molecule has 0 atom stereocenters. The Kier molecular flexibility index (Phi) is 4.84. The molecular formula is C6H14N2O3S. The van der Waals surface area contributed by atoms with Crippen LogP contribution in [0.2, 0.25) is 0 Å². The summed E-state index contributed by atoms with van der Waals surface area (Å²) in [7, 11) is -1.82. The molecule has 0 aliphatic rings. The largest absolute Gasteiger partial charge is 0.311 e. The Balaban J connectivity index is 3.98. The number of carbonyl (C=O) groups is 1. The maximum Gasteiger partial charge on any atom is 0.247 e. The fourth-order valence-corrected chi connectivity index (χ4v) is 1.75. The van der Waals surface area contributed by atoms with E-state index in [1.165, 1.54) is 0 Å². The second-order valence-electron chi connectivity index (χ2n) is 2.37. The summed E-state index contributed by atoms with van der Waals surface area (Å²) in [5.41, 5.74) is 0. The van der Waals surface area contributed by atoms with E-state index in [4.69, 9.17) is 0 Å². The van der Waals surface area contributed by atoms with Crippen molar-refractivity contribution in [3.05, 3.63) is 0 Å². The summed E-state index contributed by atoms with van der Waals surface area (Å²) >= 11 is 0. The SMILES string of the molecule is CCCS(=O)(=O)NC(=O)CNC. The maximum atomic E-state index is 11.0. The van der Waals surface area contributed by atoms with Gasteiger partial charge in [0.05, 0.1) is 12.3 Å². The van der Waals surface area contributed by atoms with E-state index in [-0.39, 0.29) is 12.3 Å². The third-order valence-corrected chi connectivity index (χ3v) is 2.56. The predicted octanol–water partition coefficient (Wildman–Crippen LogP) is -0.938. The molecule has 2 N–H and O–H groups in total. The normalized spacial score (nSPS) is 11.2. The number of likely N-dealkylation sites (N-methyl/N-ethyl adjacent to an activating group) is 1. The predicted molar refractivity (Wildman–Crippen MR) is 46.1 cm³/mol. The van der Waals surface area contributed by atoms with Gasteiger partial charge in [-0.1, -0.05) is 6.92 Å². The van der Waals surface area contributed by atoms with E-state index in [1.54, 1.807) is 14.0 Å². The zero-order valence-corrected chi connectivity index (χ0v) is 8.07. The number of hydrogen-bond donors (Lipinski definition) is 2. The Labute approximate surface area is 72.6 Å². The van der Waals surface area contributed by atoms with Crippen molar-refractivity contribution in [1.82, 2.24) is 10.0 Å². The van der Waals surface area contributed by atoms with Crippen LogP contribution in [0.5, 0.6) is 0 Å². The third kappa shape index (κ3) is 5.09. The molecule has 5 nitrogen and oxygen atoms in total. The number of amides is 1. The van der Waals surface area contributed by atoms with Crippen molar-refractivity contribution >= 4 is 15.9 Å². The van der Waals surface area contributed by atoms with Crippen LogP contribution in [0.3, 0.4) is 0 Å². The molecule has 1 amide bonds. The molecule has 0 spiro atoms. The molecule has 0 bridgehead atoms. The van der Waals surface area contributed by atoms with Gasteiger partial charge in [-0.25, -0.2) is 8.42 Å². The van der Waals surface area contributed by atoms with Gasteiger partial charge in [-0.2, -0.15) is 0 Å². The van der Waals surface area contributed by atoms with Crippen molar-refractivity contribution in [2.45, 2.75) is 13.3 Å². The van der Waals surface area contributed by atoms with Gasteiger partial charge in [0.1, 0.15) is 0 Å². The lowest BCUT2D eigenvalue weighted by Gasteiger charge is -2.04. The molecule has 12 heavy (non-hydrogen) atoms. The Hall–Kier alpha value is -0.620. The minimum Gasteiger partial charge on any atom is -0.311 e. The Morgan fingerprint density at radius 1 is 1.42 bits per heavy atom. The number of hydrogen-bond acceptors (Lipinski definition) is 4. The van der Waals surface area contributed by atoms with Crippen molar-refractivity contribution in [2.24, 2.45) is 0 Å². The van der Waals surface area contributed by atoms with Gasteiger partial charge >= 0.3 is 0 Å². The van der Waals surface area contributed by atoms with E-state index in [0.29, 0.717) is 6.42 Å². The van der Waals surface area contributed by atoms with Crippen molar-refractivity contribution < 1.29 is 13.2 Å². The lowest BCUT2D eigenvalue weighted by atomic mass is 10.6. The van der Waals surface area contributed by atoms with Crippen LogP contribution >= 0.6 is 0 Å². The fraction of sp³-hybridized carbons (Fsp3) is 0.833. The van der Waals surface area contributed by atoms with Crippen LogP contribution in [-0.4, -0.2) is 33.7 Å². The van der Waals surface area contributed by atoms with Gasteiger partial charge in [0, 0.05) is 0 Å². The summed E-state index contributed by atoms with van der Waals surface area (Å²) < 4.78 is 23.8. The minimum absolute atomic E-state index is 0.0115. The monoisotopic (exact) mass is 194 g/mol. The molecular weight excluding hydrogens is 180 g/mol. The average Bonchev–Trinajstić information content (AvgIpc) is 1.85. The summed E-state index contributed by atoms with van der Waals surface area (Å²) in [5, 5.41) is 2.56. The third-order valence-electron chi connectivity index (χ3n) is 1.08. The topological polar surface area (TPSA) is 75.3 Å². The summed E-state index contributed by atoms with van der Waals surface area (Å²) in [5.74, 6) is -0.534. The van der Waals surface area contributed by atoms with Crippen molar-refractivity contribution in [2.75, 3.05) is 19.3 Å². The van der Waals surface area contributed by atoms with Crippen molar-refractivity contribution in [3.8, 4) is 0 Å². The number of rotatable bonds is 5. The molecule has 0 unspecified atom stereocenters. The minimum atomic E-state index is -3.39. The Morgan fingerprint density at radius 3 is 2.42 bits per heavy atom. The van der Waals surface area contributed by atoms with Crippen LogP contribution in [-0.2, 0) is 14.8 Å². The molecule has 0 fully saturated rings. The molecule has 0 aliphatic carbocycles. The quantitative estimate of drug-likeness (QED) is 0.592. The molecule has 0 aliphatic heterocycles. The van der Waals surface area contributed by atoms with Gasteiger partial charge in [-0.05, 0) is 13.5 Å². The highest BCUT2D eigenvalue weighted by Crippen LogP contribution is 1.87. The van der Waals surface area contributed by atoms with E-state index >= 15 is 0 Å². The zero-order chi connectivity index (χ0) is 9.61. The van der Waals surface area contributed by atoms with Crippen LogP contribution in [0.1, 0.15) is 13.3 Å².